The van der Waals surface area contributed by atoms with E-state index in [0.717, 1.165) is 18.4 Å². The Labute approximate surface area is 93.6 Å². The molecule has 0 bridgehead atoms. The molecule has 0 spiro atoms. The van der Waals surface area contributed by atoms with Crippen LogP contribution in [0.5, 0.6) is 11.5 Å². The SMILES string of the molecule is COc1ccc(C2(O)CC2)c(Cl)c1OC. The number of ether oxygens (including phenoxy) is 2. The number of hydrogen-bond acceptors (Lipinski definition) is 3. The van der Waals surface area contributed by atoms with Crippen molar-refractivity contribution in [2.45, 2.75) is 18.4 Å². The van der Waals surface area contributed by atoms with E-state index in [-0.39, 0.29) is 0 Å². The van der Waals surface area contributed by atoms with Gasteiger partial charge in [-0.2, -0.15) is 0 Å². The quantitative estimate of drug-likeness (QED) is 0.863. The zero-order chi connectivity index (χ0) is 11.1. The molecular formula is C11H13ClO3. The fourth-order valence-electron chi connectivity index (χ4n) is 1.64. The molecule has 1 aromatic rings. The number of benzene rings is 1. The van der Waals surface area contributed by atoms with Crippen LogP contribution in [-0.2, 0) is 5.60 Å². The second kappa shape index (κ2) is 3.58. The Hall–Kier alpha value is -0.930. The van der Waals surface area contributed by atoms with Gasteiger partial charge in [0.05, 0.1) is 24.8 Å². The van der Waals surface area contributed by atoms with Crippen LogP contribution in [0.2, 0.25) is 5.02 Å². The van der Waals surface area contributed by atoms with Crippen molar-refractivity contribution in [2.24, 2.45) is 0 Å². The lowest BCUT2D eigenvalue weighted by atomic mass is 10.1. The maximum absolute atomic E-state index is 9.98. The number of aliphatic hydroxyl groups is 1. The Morgan fingerprint density at radius 1 is 1.27 bits per heavy atom. The third kappa shape index (κ3) is 1.66. The Morgan fingerprint density at radius 2 is 1.93 bits per heavy atom. The molecule has 0 radical (unpaired) electrons. The van der Waals surface area contributed by atoms with Crippen molar-refractivity contribution in [3.05, 3.63) is 22.7 Å². The maximum Gasteiger partial charge on any atom is 0.179 e. The summed E-state index contributed by atoms with van der Waals surface area (Å²) in [4.78, 5) is 0. The van der Waals surface area contributed by atoms with E-state index in [0.29, 0.717) is 16.5 Å². The zero-order valence-electron chi connectivity index (χ0n) is 8.71. The third-order valence-electron chi connectivity index (χ3n) is 2.71. The molecule has 2 rings (SSSR count). The summed E-state index contributed by atoms with van der Waals surface area (Å²) in [7, 11) is 3.09. The minimum Gasteiger partial charge on any atom is -0.493 e. The third-order valence-corrected chi connectivity index (χ3v) is 3.09. The molecule has 1 aliphatic rings. The van der Waals surface area contributed by atoms with Gasteiger partial charge < -0.3 is 14.6 Å². The summed E-state index contributed by atoms with van der Waals surface area (Å²) < 4.78 is 10.3. The highest BCUT2D eigenvalue weighted by Gasteiger charge is 2.44. The highest BCUT2D eigenvalue weighted by Crippen LogP contribution is 2.51. The van der Waals surface area contributed by atoms with E-state index in [9.17, 15) is 5.11 Å². The van der Waals surface area contributed by atoms with Crippen LogP contribution in [0.1, 0.15) is 18.4 Å². The minimum atomic E-state index is -0.753. The predicted molar refractivity (Wildman–Crippen MR) is 57.7 cm³/mol. The molecule has 1 aliphatic carbocycles. The lowest BCUT2D eigenvalue weighted by Crippen LogP contribution is -2.06. The van der Waals surface area contributed by atoms with E-state index in [1.165, 1.54) is 7.11 Å². The molecule has 0 atom stereocenters. The summed E-state index contributed by atoms with van der Waals surface area (Å²) >= 11 is 6.15. The Balaban J connectivity index is 2.51. The molecule has 1 fully saturated rings. The average molecular weight is 229 g/mol. The number of methoxy groups -OCH3 is 2. The largest absolute Gasteiger partial charge is 0.493 e. The first-order valence-corrected chi connectivity index (χ1v) is 5.13. The van der Waals surface area contributed by atoms with Gasteiger partial charge in [-0.05, 0) is 18.9 Å². The van der Waals surface area contributed by atoms with Crippen molar-refractivity contribution < 1.29 is 14.6 Å². The first-order chi connectivity index (χ1) is 7.12. The van der Waals surface area contributed by atoms with Gasteiger partial charge in [0.2, 0.25) is 0 Å². The van der Waals surface area contributed by atoms with Crippen molar-refractivity contribution in [1.29, 1.82) is 0 Å². The van der Waals surface area contributed by atoms with Crippen molar-refractivity contribution >= 4 is 11.6 Å². The number of rotatable bonds is 3. The molecule has 0 unspecified atom stereocenters. The molecule has 0 heterocycles. The summed E-state index contributed by atoms with van der Waals surface area (Å²) in [6.45, 7) is 0. The van der Waals surface area contributed by atoms with Crippen LogP contribution in [0.25, 0.3) is 0 Å². The summed E-state index contributed by atoms with van der Waals surface area (Å²) in [5.41, 5.74) is -0.0294. The van der Waals surface area contributed by atoms with Gasteiger partial charge in [-0.25, -0.2) is 0 Å². The van der Waals surface area contributed by atoms with Crippen LogP contribution in [0.15, 0.2) is 12.1 Å². The van der Waals surface area contributed by atoms with Gasteiger partial charge in [0.15, 0.2) is 11.5 Å². The molecular weight excluding hydrogens is 216 g/mol. The van der Waals surface area contributed by atoms with Crippen LogP contribution in [-0.4, -0.2) is 19.3 Å². The summed E-state index contributed by atoms with van der Waals surface area (Å²) in [6, 6.07) is 3.55. The van der Waals surface area contributed by atoms with Crippen molar-refractivity contribution in [3.63, 3.8) is 0 Å². The van der Waals surface area contributed by atoms with Crippen molar-refractivity contribution in [3.8, 4) is 11.5 Å². The average Bonchev–Trinajstić information content (AvgIpc) is 2.96. The number of hydrogen-bond donors (Lipinski definition) is 1. The number of halogens is 1. The molecule has 0 amide bonds. The molecule has 0 aromatic heterocycles. The van der Waals surface area contributed by atoms with E-state index in [1.807, 2.05) is 0 Å². The van der Waals surface area contributed by atoms with Gasteiger partial charge in [-0.1, -0.05) is 17.7 Å². The molecule has 1 aromatic carbocycles. The van der Waals surface area contributed by atoms with Crippen molar-refractivity contribution in [2.75, 3.05) is 14.2 Å². The first-order valence-electron chi connectivity index (χ1n) is 4.76. The van der Waals surface area contributed by atoms with E-state index >= 15 is 0 Å². The van der Waals surface area contributed by atoms with E-state index in [1.54, 1.807) is 19.2 Å². The van der Waals surface area contributed by atoms with Gasteiger partial charge in [0.1, 0.15) is 0 Å². The summed E-state index contributed by atoms with van der Waals surface area (Å²) in [6.07, 6.45) is 1.50. The monoisotopic (exact) mass is 228 g/mol. The van der Waals surface area contributed by atoms with Crippen LogP contribution >= 0.6 is 11.6 Å². The molecule has 82 valence electrons. The van der Waals surface area contributed by atoms with Crippen LogP contribution < -0.4 is 9.47 Å². The van der Waals surface area contributed by atoms with E-state index < -0.39 is 5.60 Å². The zero-order valence-corrected chi connectivity index (χ0v) is 9.47. The normalized spacial score (nSPS) is 17.3. The molecule has 0 aliphatic heterocycles. The van der Waals surface area contributed by atoms with Gasteiger partial charge >= 0.3 is 0 Å². The Bertz CT molecular complexity index is 386. The minimum absolute atomic E-state index is 0.442. The van der Waals surface area contributed by atoms with Gasteiger partial charge in [-0.3, -0.25) is 0 Å². The smallest absolute Gasteiger partial charge is 0.179 e. The molecule has 15 heavy (non-hydrogen) atoms. The lowest BCUT2D eigenvalue weighted by molar-refractivity contribution is 0.151. The van der Waals surface area contributed by atoms with Crippen molar-refractivity contribution in [1.82, 2.24) is 0 Å². The predicted octanol–water partition coefficient (Wildman–Crippen LogP) is 2.34. The second-order valence-electron chi connectivity index (χ2n) is 3.69. The van der Waals surface area contributed by atoms with Gasteiger partial charge in [0.25, 0.3) is 0 Å². The first kappa shape index (κ1) is 10.6. The topological polar surface area (TPSA) is 38.7 Å². The molecule has 0 saturated heterocycles. The molecule has 3 nitrogen and oxygen atoms in total. The standard InChI is InChI=1S/C11H13ClO3/c1-14-8-4-3-7(11(13)5-6-11)9(12)10(8)15-2/h3-4,13H,5-6H2,1-2H3. The highest BCUT2D eigenvalue weighted by molar-refractivity contribution is 6.33. The fourth-order valence-corrected chi connectivity index (χ4v) is 2.05. The molecule has 4 heteroatoms. The molecule has 1 saturated carbocycles. The Kier molecular flexibility index (Phi) is 2.52. The maximum atomic E-state index is 9.98. The Morgan fingerprint density at radius 3 is 2.40 bits per heavy atom. The summed E-state index contributed by atoms with van der Waals surface area (Å²) in [5.74, 6) is 1.06. The van der Waals surface area contributed by atoms with Crippen LogP contribution in [0.3, 0.4) is 0 Å². The summed E-state index contributed by atoms with van der Waals surface area (Å²) in [5, 5.41) is 10.4. The van der Waals surface area contributed by atoms with Gasteiger partial charge in [-0.15, -0.1) is 0 Å². The molecule has 1 N–H and O–H groups in total. The lowest BCUT2D eigenvalue weighted by Gasteiger charge is -2.15. The fraction of sp³-hybridized carbons (Fsp3) is 0.455. The second-order valence-corrected chi connectivity index (χ2v) is 4.07. The van der Waals surface area contributed by atoms with Crippen LogP contribution in [0, 0.1) is 0 Å². The van der Waals surface area contributed by atoms with Crippen LogP contribution in [0.4, 0.5) is 0 Å². The van der Waals surface area contributed by atoms with E-state index in [2.05, 4.69) is 0 Å². The highest BCUT2D eigenvalue weighted by atomic mass is 35.5. The van der Waals surface area contributed by atoms with E-state index in [4.69, 9.17) is 21.1 Å². The van der Waals surface area contributed by atoms with Gasteiger partial charge in [0, 0.05) is 5.56 Å².